The third kappa shape index (κ3) is 5.86. The molecule has 0 amide bonds. The van der Waals surface area contributed by atoms with Crippen LogP contribution in [0.1, 0.15) is 22.8 Å². The summed E-state index contributed by atoms with van der Waals surface area (Å²) >= 11 is 23.7. The number of hydrogen-bond donors (Lipinski definition) is 2. The Morgan fingerprint density at radius 2 is 1.83 bits per heavy atom. The fraction of sp³-hybridized carbons (Fsp3) is 0.150. The highest BCUT2D eigenvalue weighted by atomic mass is 35.5. The second-order valence-electron chi connectivity index (χ2n) is 6.14. The van der Waals surface area contributed by atoms with E-state index >= 15 is 0 Å². The molecule has 0 unspecified atom stereocenters. The smallest absolute Gasteiger partial charge is 0.338 e. The van der Waals surface area contributed by atoms with Gasteiger partial charge < -0.3 is 15.4 Å². The molecule has 3 aromatic rings. The molecule has 0 spiro atoms. The van der Waals surface area contributed by atoms with Crippen molar-refractivity contribution in [3.63, 3.8) is 0 Å². The summed E-state index contributed by atoms with van der Waals surface area (Å²) in [4.78, 5) is 11.7. The molecule has 2 N–H and O–H groups in total. The monoisotopic (exact) mass is 482 g/mol. The number of halogens is 3. The van der Waals surface area contributed by atoms with Gasteiger partial charge in [0.1, 0.15) is 5.02 Å². The van der Waals surface area contributed by atoms with Crippen LogP contribution < -0.4 is 10.6 Å². The molecule has 2 aromatic carbocycles. The number of aromatic nitrogens is 2. The first-order valence-electron chi connectivity index (χ1n) is 8.87. The maximum absolute atomic E-state index is 11.7. The van der Waals surface area contributed by atoms with E-state index in [1.165, 1.54) is 0 Å². The molecule has 1 aromatic heterocycles. The van der Waals surface area contributed by atoms with Crippen LogP contribution in [0.3, 0.4) is 0 Å². The molecule has 1 heterocycles. The highest BCUT2D eigenvalue weighted by molar-refractivity contribution is 7.80. The average molecular weight is 484 g/mol. The fourth-order valence-electron chi connectivity index (χ4n) is 2.56. The summed E-state index contributed by atoms with van der Waals surface area (Å²) in [5, 5.41) is 12.2. The highest BCUT2D eigenvalue weighted by Gasteiger charge is 2.11. The van der Waals surface area contributed by atoms with Crippen molar-refractivity contribution in [2.45, 2.75) is 13.5 Å². The standard InChI is InChI=1S/C20H17Cl3N4O2S/c1-2-29-19(28)12-4-7-15(8-5-12)24-20(30)25-18-17(23)11-27(26-18)10-13-3-6-14(21)9-16(13)22/h3-9,11H,2,10H2,1H3,(H2,24,25,26,30). The average Bonchev–Trinajstić information content (AvgIpc) is 3.03. The number of nitrogens with one attached hydrogen (secondary N) is 2. The zero-order valence-corrected chi connectivity index (χ0v) is 18.9. The number of carbonyl (C=O) groups excluding carboxylic acids is 1. The van der Waals surface area contributed by atoms with Gasteiger partial charge in [0.2, 0.25) is 0 Å². The minimum absolute atomic E-state index is 0.301. The lowest BCUT2D eigenvalue weighted by molar-refractivity contribution is 0.0526. The van der Waals surface area contributed by atoms with Crippen molar-refractivity contribution in [2.24, 2.45) is 0 Å². The maximum atomic E-state index is 11.7. The van der Waals surface area contributed by atoms with E-state index in [1.807, 2.05) is 6.07 Å². The summed E-state index contributed by atoms with van der Waals surface area (Å²) in [6, 6.07) is 12.0. The minimum Gasteiger partial charge on any atom is -0.462 e. The number of hydrogen-bond acceptors (Lipinski definition) is 4. The molecular weight excluding hydrogens is 467 g/mol. The fourth-order valence-corrected chi connectivity index (χ4v) is 3.44. The molecule has 0 aliphatic rings. The van der Waals surface area contributed by atoms with Crippen LogP contribution in [0.15, 0.2) is 48.7 Å². The van der Waals surface area contributed by atoms with Crippen molar-refractivity contribution < 1.29 is 9.53 Å². The number of benzene rings is 2. The number of anilines is 2. The van der Waals surface area contributed by atoms with E-state index in [0.717, 1.165) is 5.56 Å². The Labute approximate surface area is 194 Å². The van der Waals surface area contributed by atoms with E-state index < -0.39 is 0 Å². The van der Waals surface area contributed by atoms with Crippen molar-refractivity contribution in [1.82, 2.24) is 9.78 Å². The largest absolute Gasteiger partial charge is 0.462 e. The Morgan fingerprint density at radius 1 is 1.10 bits per heavy atom. The number of nitrogens with zero attached hydrogens (tertiary/aromatic N) is 2. The van der Waals surface area contributed by atoms with Gasteiger partial charge in [-0.15, -0.1) is 0 Å². The van der Waals surface area contributed by atoms with Gasteiger partial charge in [-0.2, -0.15) is 5.10 Å². The molecule has 3 rings (SSSR count). The molecule has 156 valence electrons. The van der Waals surface area contributed by atoms with Gasteiger partial charge in [-0.1, -0.05) is 40.9 Å². The lowest BCUT2D eigenvalue weighted by Gasteiger charge is -2.10. The van der Waals surface area contributed by atoms with E-state index in [-0.39, 0.29) is 5.97 Å². The summed E-state index contributed by atoms with van der Waals surface area (Å²) in [7, 11) is 0. The molecule has 0 fully saturated rings. The molecule has 30 heavy (non-hydrogen) atoms. The van der Waals surface area contributed by atoms with Gasteiger partial charge in [0.15, 0.2) is 10.9 Å². The number of esters is 1. The van der Waals surface area contributed by atoms with Gasteiger partial charge in [0.25, 0.3) is 0 Å². The Morgan fingerprint density at radius 3 is 2.50 bits per heavy atom. The summed E-state index contributed by atoms with van der Waals surface area (Å²) in [5.74, 6) is 0.0326. The van der Waals surface area contributed by atoms with E-state index in [4.69, 9.17) is 51.8 Å². The van der Waals surface area contributed by atoms with Gasteiger partial charge in [0, 0.05) is 21.9 Å². The minimum atomic E-state index is -0.372. The van der Waals surface area contributed by atoms with E-state index in [0.29, 0.717) is 50.4 Å². The van der Waals surface area contributed by atoms with Gasteiger partial charge in [-0.05, 0) is 61.1 Å². The van der Waals surface area contributed by atoms with E-state index in [1.54, 1.807) is 54.2 Å². The van der Waals surface area contributed by atoms with Crippen LogP contribution in [0.25, 0.3) is 0 Å². The number of carbonyl (C=O) groups is 1. The lowest BCUT2D eigenvalue weighted by Crippen LogP contribution is -2.20. The van der Waals surface area contributed by atoms with Gasteiger partial charge in [-0.25, -0.2) is 4.79 Å². The quantitative estimate of drug-likeness (QED) is 0.337. The topological polar surface area (TPSA) is 68.2 Å². The Bertz CT molecular complexity index is 1070. The van der Waals surface area contributed by atoms with E-state index in [9.17, 15) is 4.79 Å². The first kappa shape index (κ1) is 22.4. The predicted molar refractivity (Wildman–Crippen MR) is 125 cm³/mol. The second-order valence-corrected chi connectivity index (χ2v) is 7.79. The zero-order valence-electron chi connectivity index (χ0n) is 15.8. The molecule has 0 atom stereocenters. The molecule has 0 saturated carbocycles. The van der Waals surface area contributed by atoms with Crippen LogP contribution in [-0.2, 0) is 11.3 Å². The number of rotatable bonds is 6. The third-order valence-electron chi connectivity index (χ3n) is 3.95. The summed E-state index contributed by atoms with van der Waals surface area (Å²) in [5.41, 5.74) is 2.02. The van der Waals surface area contributed by atoms with Gasteiger partial charge >= 0.3 is 5.97 Å². The van der Waals surface area contributed by atoms with Crippen LogP contribution in [0.2, 0.25) is 15.1 Å². The normalized spacial score (nSPS) is 10.5. The SMILES string of the molecule is CCOC(=O)c1ccc(NC(=S)Nc2nn(Cc3ccc(Cl)cc3Cl)cc2Cl)cc1. The van der Waals surface area contributed by atoms with Crippen molar-refractivity contribution in [2.75, 3.05) is 17.2 Å². The molecule has 0 aliphatic heterocycles. The predicted octanol–water partition coefficient (Wildman–Crippen LogP) is 5.88. The second kappa shape index (κ2) is 10.1. The van der Waals surface area contributed by atoms with Crippen LogP contribution >= 0.6 is 47.0 Å². The van der Waals surface area contributed by atoms with Gasteiger partial charge in [-0.3, -0.25) is 4.68 Å². The van der Waals surface area contributed by atoms with E-state index in [2.05, 4.69) is 15.7 Å². The van der Waals surface area contributed by atoms with Crippen LogP contribution in [-0.4, -0.2) is 27.5 Å². The van der Waals surface area contributed by atoms with Crippen molar-refractivity contribution >= 4 is 69.6 Å². The Balaban J connectivity index is 1.62. The van der Waals surface area contributed by atoms with Gasteiger partial charge in [0.05, 0.1) is 18.7 Å². The highest BCUT2D eigenvalue weighted by Crippen LogP contribution is 2.24. The van der Waals surface area contributed by atoms with Crippen LogP contribution in [0.5, 0.6) is 0 Å². The molecule has 0 bridgehead atoms. The summed E-state index contributed by atoms with van der Waals surface area (Å²) < 4.78 is 6.61. The van der Waals surface area contributed by atoms with Crippen LogP contribution in [0, 0.1) is 0 Å². The number of thiocarbonyl (C=S) groups is 1. The first-order chi connectivity index (χ1) is 14.4. The maximum Gasteiger partial charge on any atom is 0.338 e. The molecule has 0 aliphatic carbocycles. The van der Waals surface area contributed by atoms with Crippen molar-refractivity contribution in [3.05, 3.63) is 74.9 Å². The third-order valence-corrected chi connectivity index (χ3v) is 5.02. The van der Waals surface area contributed by atoms with Crippen LogP contribution in [0.4, 0.5) is 11.5 Å². The molecule has 0 saturated heterocycles. The Hall–Kier alpha value is -2.32. The van der Waals surface area contributed by atoms with Crippen molar-refractivity contribution in [3.8, 4) is 0 Å². The molecular formula is C20H17Cl3N4O2S. The molecule has 0 radical (unpaired) electrons. The first-order valence-corrected chi connectivity index (χ1v) is 10.4. The number of ether oxygens (including phenoxy) is 1. The lowest BCUT2D eigenvalue weighted by atomic mass is 10.2. The molecule has 6 nitrogen and oxygen atoms in total. The zero-order chi connectivity index (χ0) is 21.7. The summed E-state index contributed by atoms with van der Waals surface area (Å²) in [6.07, 6.45) is 1.67. The summed E-state index contributed by atoms with van der Waals surface area (Å²) in [6.45, 7) is 2.51. The Kier molecular flexibility index (Phi) is 7.55. The van der Waals surface area contributed by atoms with Crippen molar-refractivity contribution in [1.29, 1.82) is 0 Å². The molecule has 10 heteroatoms.